The number of hydrogen-bond acceptors (Lipinski definition) is 4. The molecular formula is C19H16Cl2FNO4. The zero-order valence-corrected chi connectivity index (χ0v) is 16.0. The SMILES string of the molecule is COc1ccc(Cl)cc1NC(=O)[C@H](C)OC(=O)/C=C/c1ccc(F)c(Cl)c1. The van der Waals surface area contributed by atoms with Crippen LogP contribution in [0, 0.1) is 5.82 Å². The molecule has 0 aliphatic heterocycles. The maximum Gasteiger partial charge on any atom is 0.331 e. The molecule has 0 bridgehead atoms. The van der Waals surface area contributed by atoms with Crippen LogP contribution in [0.2, 0.25) is 10.0 Å². The van der Waals surface area contributed by atoms with Crippen molar-refractivity contribution in [2.24, 2.45) is 0 Å². The summed E-state index contributed by atoms with van der Waals surface area (Å²) in [5.74, 6) is -1.43. The van der Waals surface area contributed by atoms with Gasteiger partial charge in [0, 0.05) is 11.1 Å². The first-order chi connectivity index (χ1) is 12.8. The monoisotopic (exact) mass is 411 g/mol. The van der Waals surface area contributed by atoms with E-state index in [9.17, 15) is 14.0 Å². The van der Waals surface area contributed by atoms with Gasteiger partial charge in [-0.1, -0.05) is 29.3 Å². The summed E-state index contributed by atoms with van der Waals surface area (Å²) in [5, 5.41) is 2.94. The van der Waals surface area contributed by atoms with Crippen molar-refractivity contribution in [1.82, 2.24) is 0 Å². The minimum absolute atomic E-state index is 0.0614. The van der Waals surface area contributed by atoms with Gasteiger partial charge in [-0.05, 0) is 48.9 Å². The molecule has 0 heterocycles. The summed E-state index contributed by atoms with van der Waals surface area (Å²) in [5.41, 5.74) is 0.869. The van der Waals surface area contributed by atoms with Gasteiger partial charge in [-0.25, -0.2) is 9.18 Å². The summed E-state index contributed by atoms with van der Waals surface area (Å²) in [6.45, 7) is 1.42. The van der Waals surface area contributed by atoms with Crippen molar-refractivity contribution in [1.29, 1.82) is 0 Å². The summed E-state index contributed by atoms with van der Waals surface area (Å²) in [6, 6.07) is 8.73. The Morgan fingerprint density at radius 1 is 1.19 bits per heavy atom. The van der Waals surface area contributed by atoms with Crippen LogP contribution in [0.15, 0.2) is 42.5 Å². The highest BCUT2D eigenvalue weighted by Gasteiger charge is 2.18. The molecule has 142 valence electrons. The van der Waals surface area contributed by atoms with Crippen LogP contribution < -0.4 is 10.1 Å². The third-order valence-electron chi connectivity index (χ3n) is 3.44. The highest BCUT2D eigenvalue weighted by Crippen LogP contribution is 2.27. The lowest BCUT2D eigenvalue weighted by molar-refractivity contribution is -0.148. The Morgan fingerprint density at radius 3 is 2.59 bits per heavy atom. The van der Waals surface area contributed by atoms with Crippen molar-refractivity contribution in [3.8, 4) is 5.75 Å². The predicted molar refractivity (Wildman–Crippen MR) is 103 cm³/mol. The number of nitrogens with one attached hydrogen (secondary N) is 1. The number of carbonyl (C=O) groups is 2. The first-order valence-corrected chi connectivity index (χ1v) is 8.54. The molecule has 2 aromatic rings. The Balaban J connectivity index is 1.97. The lowest BCUT2D eigenvalue weighted by atomic mass is 10.2. The van der Waals surface area contributed by atoms with Gasteiger partial charge in [-0.15, -0.1) is 0 Å². The zero-order valence-electron chi connectivity index (χ0n) is 14.5. The quantitative estimate of drug-likeness (QED) is 0.551. The van der Waals surface area contributed by atoms with Crippen LogP contribution >= 0.6 is 23.2 Å². The molecule has 0 aromatic heterocycles. The molecule has 1 N–H and O–H groups in total. The number of benzene rings is 2. The second-order valence-corrected chi connectivity index (χ2v) is 6.26. The lowest BCUT2D eigenvalue weighted by Crippen LogP contribution is -2.29. The van der Waals surface area contributed by atoms with Crippen molar-refractivity contribution in [3.05, 3.63) is 63.9 Å². The Labute approximate surface area is 165 Å². The lowest BCUT2D eigenvalue weighted by Gasteiger charge is -2.14. The maximum atomic E-state index is 13.1. The summed E-state index contributed by atoms with van der Waals surface area (Å²) >= 11 is 11.6. The predicted octanol–water partition coefficient (Wildman–Crippen LogP) is 4.72. The molecule has 0 saturated carbocycles. The molecule has 2 aromatic carbocycles. The molecule has 1 amide bonds. The van der Waals surface area contributed by atoms with E-state index in [1.165, 1.54) is 44.4 Å². The van der Waals surface area contributed by atoms with E-state index in [1.54, 1.807) is 12.1 Å². The second-order valence-electron chi connectivity index (χ2n) is 5.42. The van der Waals surface area contributed by atoms with E-state index >= 15 is 0 Å². The normalized spacial score (nSPS) is 11.9. The average molecular weight is 412 g/mol. The Kier molecular flexibility index (Phi) is 7.21. The van der Waals surface area contributed by atoms with Crippen LogP contribution in [0.3, 0.4) is 0 Å². The Morgan fingerprint density at radius 2 is 1.93 bits per heavy atom. The number of methoxy groups -OCH3 is 1. The van der Waals surface area contributed by atoms with Crippen LogP contribution in [0.25, 0.3) is 6.08 Å². The number of ether oxygens (including phenoxy) is 2. The van der Waals surface area contributed by atoms with E-state index in [2.05, 4.69) is 5.32 Å². The van der Waals surface area contributed by atoms with Crippen molar-refractivity contribution < 1.29 is 23.5 Å². The van der Waals surface area contributed by atoms with Crippen LogP contribution in [0.4, 0.5) is 10.1 Å². The van der Waals surface area contributed by atoms with Crippen molar-refractivity contribution in [2.45, 2.75) is 13.0 Å². The average Bonchev–Trinajstić information content (AvgIpc) is 2.63. The molecule has 27 heavy (non-hydrogen) atoms. The number of esters is 1. The fraction of sp³-hybridized carbons (Fsp3) is 0.158. The van der Waals surface area contributed by atoms with E-state index in [0.717, 1.165) is 6.08 Å². The molecule has 0 saturated heterocycles. The summed E-state index contributed by atoms with van der Waals surface area (Å²) in [4.78, 5) is 24.1. The first-order valence-electron chi connectivity index (χ1n) is 7.78. The minimum Gasteiger partial charge on any atom is -0.495 e. The first kappa shape index (κ1) is 20.7. The van der Waals surface area contributed by atoms with Crippen molar-refractivity contribution >= 4 is 46.8 Å². The van der Waals surface area contributed by atoms with Crippen LogP contribution in [0.5, 0.6) is 5.75 Å². The van der Waals surface area contributed by atoms with Gasteiger partial charge >= 0.3 is 5.97 Å². The van der Waals surface area contributed by atoms with Gasteiger partial charge in [0.15, 0.2) is 6.10 Å². The highest BCUT2D eigenvalue weighted by molar-refractivity contribution is 6.31. The number of rotatable bonds is 6. The van der Waals surface area contributed by atoms with Crippen LogP contribution in [0.1, 0.15) is 12.5 Å². The van der Waals surface area contributed by atoms with E-state index in [0.29, 0.717) is 22.0 Å². The van der Waals surface area contributed by atoms with Crippen molar-refractivity contribution in [3.63, 3.8) is 0 Å². The third-order valence-corrected chi connectivity index (χ3v) is 3.96. The van der Waals surface area contributed by atoms with Gasteiger partial charge < -0.3 is 14.8 Å². The Bertz CT molecular complexity index is 886. The standard InChI is InChI=1S/C19H16Cl2FNO4/c1-11(19(25)23-16-10-13(20)5-7-17(16)26-2)27-18(24)8-4-12-3-6-15(22)14(21)9-12/h3-11H,1-2H3,(H,23,25)/b8-4+/t11-/m0/s1. The smallest absolute Gasteiger partial charge is 0.331 e. The zero-order chi connectivity index (χ0) is 20.0. The van der Waals surface area contributed by atoms with Crippen molar-refractivity contribution in [2.75, 3.05) is 12.4 Å². The van der Waals surface area contributed by atoms with Crippen LogP contribution in [-0.4, -0.2) is 25.1 Å². The van der Waals surface area contributed by atoms with E-state index in [4.69, 9.17) is 32.7 Å². The molecular weight excluding hydrogens is 396 g/mol. The molecule has 0 aliphatic rings. The molecule has 0 unspecified atom stereocenters. The van der Waals surface area contributed by atoms with Gasteiger partial charge in [0.2, 0.25) is 0 Å². The molecule has 0 aliphatic carbocycles. The fourth-order valence-corrected chi connectivity index (χ4v) is 2.42. The highest BCUT2D eigenvalue weighted by atomic mass is 35.5. The van der Waals surface area contributed by atoms with E-state index in [1.807, 2.05) is 0 Å². The maximum absolute atomic E-state index is 13.1. The number of amides is 1. The topological polar surface area (TPSA) is 64.6 Å². The summed E-state index contributed by atoms with van der Waals surface area (Å²) in [6.07, 6.45) is 1.45. The number of anilines is 1. The summed E-state index contributed by atoms with van der Waals surface area (Å²) in [7, 11) is 1.45. The number of carbonyl (C=O) groups excluding carboxylic acids is 2. The van der Waals surface area contributed by atoms with E-state index in [-0.39, 0.29) is 5.02 Å². The van der Waals surface area contributed by atoms with Gasteiger partial charge in [-0.2, -0.15) is 0 Å². The molecule has 8 heteroatoms. The molecule has 5 nitrogen and oxygen atoms in total. The number of halogens is 3. The molecule has 0 spiro atoms. The van der Waals surface area contributed by atoms with Gasteiger partial charge in [0.05, 0.1) is 17.8 Å². The third kappa shape index (κ3) is 5.98. The largest absolute Gasteiger partial charge is 0.495 e. The second kappa shape index (κ2) is 9.39. The number of hydrogen-bond donors (Lipinski definition) is 1. The fourth-order valence-electron chi connectivity index (χ4n) is 2.06. The molecule has 2 rings (SSSR count). The van der Waals surface area contributed by atoms with E-state index < -0.39 is 23.8 Å². The molecule has 1 atom stereocenters. The molecule has 0 radical (unpaired) electrons. The van der Waals surface area contributed by atoms with Gasteiger partial charge in [-0.3, -0.25) is 4.79 Å². The van der Waals surface area contributed by atoms with Gasteiger partial charge in [0.25, 0.3) is 5.91 Å². The van der Waals surface area contributed by atoms with Gasteiger partial charge in [0.1, 0.15) is 11.6 Å². The molecule has 0 fully saturated rings. The summed E-state index contributed by atoms with van der Waals surface area (Å²) < 4.78 is 23.3. The Hall–Kier alpha value is -2.57. The minimum atomic E-state index is -1.07. The van der Waals surface area contributed by atoms with Crippen LogP contribution in [-0.2, 0) is 14.3 Å².